The number of anilines is 2. The van der Waals surface area contributed by atoms with Crippen LogP contribution >= 0.6 is 11.6 Å². The van der Waals surface area contributed by atoms with Gasteiger partial charge in [0.05, 0.1) is 11.8 Å². The number of halogens is 4. The Hall–Kier alpha value is -2.80. The molecule has 0 unspecified atom stereocenters. The normalized spacial score (nSPS) is 11.4. The number of alkyl halides is 3. The second kappa shape index (κ2) is 6.60. The first-order chi connectivity index (χ1) is 11.8. The summed E-state index contributed by atoms with van der Waals surface area (Å²) in [6.45, 7) is 0. The van der Waals surface area contributed by atoms with Gasteiger partial charge in [0, 0.05) is 16.3 Å². The second-order valence-corrected chi connectivity index (χ2v) is 5.62. The van der Waals surface area contributed by atoms with Crippen molar-refractivity contribution in [3.8, 4) is 0 Å². The molecule has 0 fully saturated rings. The molecule has 1 aromatic heterocycles. The largest absolute Gasteiger partial charge is 0.416 e. The van der Waals surface area contributed by atoms with Gasteiger partial charge in [0.2, 0.25) is 11.7 Å². The first-order valence-corrected chi connectivity index (χ1v) is 7.50. The Balaban J connectivity index is 1.79. The number of carbonyl (C=O) groups is 1. The fourth-order valence-corrected chi connectivity index (χ4v) is 2.39. The topological polar surface area (TPSA) is 57.8 Å². The fourth-order valence-electron chi connectivity index (χ4n) is 2.20. The smallest absolute Gasteiger partial charge is 0.326 e. The van der Waals surface area contributed by atoms with E-state index in [0.29, 0.717) is 10.6 Å². The highest BCUT2D eigenvalue weighted by Gasteiger charge is 2.30. The predicted octanol–water partition coefficient (Wildman–Crippen LogP) is 5.06. The molecule has 4 nitrogen and oxygen atoms in total. The SMILES string of the molecule is O=C(c1cccc(Cl)c1)c1cnc(Nc2cccc(C(F)(F)F)c2)[nH]1. The predicted molar refractivity (Wildman–Crippen MR) is 88.2 cm³/mol. The van der Waals surface area contributed by atoms with Crippen LogP contribution in [0.1, 0.15) is 21.6 Å². The monoisotopic (exact) mass is 365 g/mol. The molecular formula is C17H11ClF3N3O. The van der Waals surface area contributed by atoms with E-state index in [2.05, 4.69) is 15.3 Å². The number of aromatic nitrogens is 2. The summed E-state index contributed by atoms with van der Waals surface area (Å²) in [4.78, 5) is 19.1. The molecule has 1 heterocycles. The summed E-state index contributed by atoms with van der Waals surface area (Å²) in [6.07, 6.45) is -3.13. The van der Waals surface area contributed by atoms with Crippen LogP contribution in [0.2, 0.25) is 5.02 Å². The quantitative estimate of drug-likeness (QED) is 0.635. The Morgan fingerprint density at radius 1 is 1.12 bits per heavy atom. The average Bonchev–Trinajstić information content (AvgIpc) is 3.02. The Kier molecular flexibility index (Phi) is 4.50. The van der Waals surface area contributed by atoms with E-state index in [4.69, 9.17) is 11.6 Å². The molecule has 3 rings (SSSR count). The minimum absolute atomic E-state index is 0.157. The van der Waals surface area contributed by atoms with E-state index >= 15 is 0 Å². The molecule has 128 valence electrons. The van der Waals surface area contributed by atoms with Gasteiger partial charge in [-0.3, -0.25) is 4.79 Å². The number of benzene rings is 2. The first-order valence-electron chi connectivity index (χ1n) is 7.12. The van der Waals surface area contributed by atoms with Crippen LogP contribution in [0.4, 0.5) is 24.8 Å². The van der Waals surface area contributed by atoms with E-state index in [1.807, 2.05) is 0 Å². The van der Waals surface area contributed by atoms with Crippen molar-refractivity contribution >= 4 is 29.0 Å². The van der Waals surface area contributed by atoms with Gasteiger partial charge in [0.25, 0.3) is 0 Å². The first kappa shape index (κ1) is 17.0. The summed E-state index contributed by atoms with van der Waals surface area (Å²) in [5.41, 5.74) is -0.0104. The number of aromatic amines is 1. The van der Waals surface area contributed by atoms with Crippen LogP contribution in [0.3, 0.4) is 0 Å². The molecule has 25 heavy (non-hydrogen) atoms. The highest BCUT2D eigenvalue weighted by atomic mass is 35.5. The Morgan fingerprint density at radius 3 is 2.60 bits per heavy atom. The van der Waals surface area contributed by atoms with E-state index < -0.39 is 11.7 Å². The molecule has 0 atom stereocenters. The van der Waals surface area contributed by atoms with Crippen molar-refractivity contribution in [1.29, 1.82) is 0 Å². The maximum Gasteiger partial charge on any atom is 0.416 e. The molecule has 0 aliphatic carbocycles. The summed E-state index contributed by atoms with van der Waals surface area (Å²) in [7, 11) is 0. The van der Waals surface area contributed by atoms with Crippen molar-refractivity contribution in [3.05, 3.63) is 76.6 Å². The van der Waals surface area contributed by atoms with Crippen molar-refractivity contribution in [1.82, 2.24) is 9.97 Å². The van der Waals surface area contributed by atoms with Gasteiger partial charge in [-0.1, -0.05) is 29.8 Å². The van der Waals surface area contributed by atoms with E-state index in [9.17, 15) is 18.0 Å². The van der Waals surface area contributed by atoms with Gasteiger partial charge < -0.3 is 10.3 Å². The number of nitrogens with zero attached hydrogens (tertiary/aromatic N) is 1. The zero-order chi connectivity index (χ0) is 18.0. The fraction of sp³-hybridized carbons (Fsp3) is 0.0588. The standard InChI is InChI=1S/C17H11ClF3N3O/c18-12-5-1-3-10(7-12)15(25)14-9-22-16(24-14)23-13-6-2-4-11(8-13)17(19,20)21/h1-9H,(H2,22,23,24). The number of rotatable bonds is 4. The van der Waals surface area contributed by atoms with Gasteiger partial charge >= 0.3 is 6.18 Å². The molecule has 0 spiro atoms. The van der Waals surface area contributed by atoms with Crippen LogP contribution in [0, 0.1) is 0 Å². The third-order valence-electron chi connectivity index (χ3n) is 3.36. The molecule has 2 aromatic carbocycles. The summed E-state index contributed by atoms with van der Waals surface area (Å²) in [5.74, 6) is -0.170. The van der Waals surface area contributed by atoms with Gasteiger partial charge in [0.15, 0.2) is 0 Å². The lowest BCUT2D eigenvalue weighted by Crippen LogP contribution is -2.05. The summed E-state index contributed by atoms with van der Waals surface area (Å²) < 4.78 is 38.2. The minimum atomic E-state index is -4.44. The Bertz CT molecular complexity index is 921. The molecule has 0 aliphatic rings. The zero-order valence-corrected chi connectivity index (χ0v) is 13.3. The van der Waals surface area contributed by atoms with Crippen molar-refractivity contribution in [2.45, 2.75) is 6.18 Å². The number of imidazole rings is 1. The van der Waals surface area contributed by atoms with E-state index in [1.54, 1.807) is 18.2 Å². The zero-order valence-electron chi connectivity index (χ0n) is 12.6. The molecule has 0 saturated heterocycles. The Morgan fingerprint density at radius 2 is 1.88 bits per heavy atom. The second-order valence-electron chi connectivity index (χ2n) is 5.19. The molecular weight excluding hydrogens is 355 g/mol. The van der Waals surface area contributed by atoms with Crippen LogP contribution < -0.4 is 5.32 Å². The molecule has 3 aromatic rings. The summed E-state index contributed by atoms with van der Waals surface area (Å²) in [6, 6.07) is 11.1. The highest BCUT2D eigenvalue weighted by Crippen LogP contribution is 2.31. The van der Waals surface area contributed by atoms with Gasteiger partial charge in [-0.25, -0.2) is 4.98 Å². The highest BCUT2D eigenvalue weighted by molar-refractivity contribution is 6.31. The van der Waals surface area contributed by atoms with Crippen molar-refractivity contribution in [2.24, 2.45) is 0 Å². The maximum atomic E-state index is 12.7. The van der Waals surface area contributed by atoms with Crippen molar-refractivity contribution < 1.29 is 18.0 Å². The van der Waals surface area contributed by atoms with Gasteiger partial charge in [-0.2, -0.15) is 13.2 Å². The maximum absolute atomic E-state index is 12.7. The van der Waals surface area contributed by atoms with Crippen LogP contribution in [-0.2, 0) is 6.18 Å². The van der Waals surface area contributed by atoms with Crippen LogP contribution in [0.15, 0.2) is 54.7 Å². The van der Waals surface area contributed by atoms with Crippen LogP contribution in [0.25, 0.3) is 0 Å². The lowest BCUT2D eigenvalue weighted by molar-refractivity contribution is -0.137. The molecule has 0 bridgehead atoms. The molecule has 0 aliphatic heterocycles. The van der Waals surface area contributed by atoms with Gasteiger partial charge in [-0.05, 0) is 30.3 Å². The minimum Gasteiger partial charge on any atom is -0.326 e. The number of H-pyrrole nitrogens is 1. The van der Waals surface area contributed by atoms with Crippen LogP contribution in [-0.4, -0.2) is 15.8 Å². The molecule has 8 heteroatoms. The lowest BCUT2D eigenvalue weighted by atomic mass is 10.1. The number of hydrogen-bond donors (Lipinski definition) is 2. The third kappa shape index (κ3) is 4.00. The number of ketones is 1. The summed E-state index contributed by atoms with van der Waals surface area (Å²) in [5, 5.41) is 3.13. The van der Waals surface area contributed by atoms with Crippen molar-refractivity contribution in [2.75, 3.05) is 5.32 Å². The summed E-state index contributed by atoms with van der Waals surface area (Å²) >= 11 is 5.86. The number of nitrogens with one attached hydrogen (secondary N) is 2. The molecule has 0 radical (unpaired) electrons. The van der Waals surface area contributed by atoms with Gasteiger partial charge in [-0.15, -0.1) is 0 Å². The number of hydrogen-bond acceptors (Lipinski definition) is 3. The van der Waals surface area contributed by atoms with E-state index in [0.717, 1.165) is 12.1 Å². The van der Waals surface area contributed by atoms with E-state index in [-0.39, 0.29) is 23.1 Å². The van der Waals surface area contributed by atoms with Crippen molar-refractivity contribution in [3.63, 3.8) is 0 Å². The molecule has 0 saturated carbocycles. The molecule has 0 amide bonds. The molecule has 2 N–H and O–H groups in total. The third-order valence-corrected chi connectivity index (χ3v) is 3.59. The van der Waals surface area contributed by atoms with Gasteiger partial charge in [0.1, 0.15) is 5.69 Å². The van der Waals surface area contributed by atoms with E-state index in [1.165, 1.54) is 24.4 Å². The van der Waals surface area contributed by atoms with Crippen LogP contribution in [0.5, 0.6) is 0 Å². The Labute approximate surface area is 145 Å². The average molecular weight is 366 g/mol. The number of carbonyl (C=O) groups excluding carboxylic acids is 1. The lowest BCUT2D eigenvalue weighted by Gasteiger charge is -2.09.